The van der Waals surface area contributed by atoms with Crippen molar-refractivity contribution in [1.29, 1.82) is 0 Å². The summed E-state index contributed by atoms with van der Waals surface area (Å²) < 4.78 is 0. The molecule has 2 rings (SSSR count). The molecule has 4 nitrogen and oxygen atoms in total. The molecule has 1 fully saturated rings. The van der Waals surface area contributed by atoms with Gasteiger partial charge in [-0.1, -0.05) is 43.2 Å². The predicted octanol–water partition coefficient (Wildman–Crippen LogP) is 1.27. The van der Waals surface area contributed by atoms with Gasteiger partial charge in [-0.15, -0.1) is 0 Å². The monoisotopic (exact) mass is 263 g/mol. The number of amides is 1. The van der Waals surface area contributed by atoms with Crippen molar-refractivity contribution < 1.29 is 15.0 Å². The number of aliphatic hydroxyl groups is 2. The normalized spacial score (nSPS) is 20.8. The Hall–Kier alpha value is -1.39. The molecule has 0 aromatic heterocycles. The topological polar surface area (TPSA) is 60.8 Å². The van der Waals surface area contributed by atoms with Crippen LogP contribution in [0, 0.1) is 0 Å². The summed E-state index contributed by atoms with van der Waals surface area (Å²) in [6.07, 6.45) is 2.54. The number of nitrogens with zero attached hydrogens (tertiary/aromatic N) is 1. The van der Waals surface area contributed by atoms with Crippen LogP contribution < -0.4 is 0 Å². The van der Waals surface area contributed by atoms with E-state index in [0.29, 0.717) is 18.4 Å². The van der Waals surface area contributed by atoms with Crippen molar-refractivity contribution in [2.45, 2.75) is 36.9 Å². The standard InChI is InChI=1S/C15H21NO3/c1-16(2)13(17)15(19,12-8-4-3-5-9-12)14(18)10-6-7-11-14/h3-5,8-9,18-19H,6-7,10-11H2,1-2H3/t15-/m1/s1. The summed E-state index contributed by atoms with van der Waals surface area (Å²) >= 11 is 0. The molecular formula is C15H21NO3. The third-order valence-corrected chi connectivity index (χ3v) is 4.01. The number of rotatable bonds is 3. The van der Waals surface area contributed by atoms with Crippen LogP contribution in [-0.4, -0.2) is 40.7 Å². The maximum Gasteiger partial charge on any atom is 0.261 e. The number of carbonyl (C=O) groups excluding carboxylic acids is 1. The van der Waals surface area contributed by atoms with Crippen molar-refractivity contribution in [2.75, 3.05) is 14.1 Å². The van der Waals surface area contributed by atoms with Gasteiger partial charge in [0.2, 0.25) is 0 Å². The van der Waals surface area contributed by atoms with Crippen LogP contribution in [0.5, 0.6) is 0 Å². The van der Waals surface area contributed by atoms with Gasteiger partial charge in [-0.25, -0.2) is 0 Å². The molecule has 0 radical (unpaired) electrons. The number of benzene rings is 1. The molecule has 4 heteroatoms. The van der Waals surface area contributed by atoms with Crippen LogP contribution in [0.3, 0.4) is 0 Å². The van der Waals surface area contributed by atoms with Gasteiger partial charge in [0.1, 0.15) is 5.60 Å². The van der Waals surface area contributed by atoms with Crippen LogP contribution in [0.15, 0.2) is 30.3 Å². The summed E-state index contributed by atoms with van der Waals surface area (Å²) in [5.74, 6) is -0.469. The maximum atomic E-state index is 12.5. The molecule has 0 saturated heterocycles. The molecule has 0 bridgehead atoms. The lowest BCUT2D eigenvalue weighted by Gasteiger charge is -2.41. The highest BCUT2D eigenvalue weighted by molar-refractivity contribution is 5.87. The molecule has 0 heterocycles. The van der Waals surface area contributed by atoms with E-state index in [1.807, 2.05) is 6.07 Å². The van der Waals surface area contributed by atoms with E-state index in [1.54, 1.807) is 38.4 Å². The average molecular weight is 263 g/mol. The SMILES string of the molecule is CN(C)C(=O)[C@](O)(c1ccccc1)C1(O)CCCC1. The minimum atomic E-state index is -1.87. The Kier molecular flexibility index (Phi) is 3.65. The minimum absolute atomic E-state index is 0.442. The lowest BCUT2D eigenvalue weighted by Crippen LogP contribution is -2.58. The van der Waals surface area contributed by atoms with Crippen molar-refractivity contribution >= 4 is 5.91 Å². The summed E-state index contributed by atoms with van der Waals surface area (Å²) in [5, 5.41) is 21.8. The van der Waals surface area contributed by atoms with Crippen molar-refractivity contribution in [3.8, 4) is 0 Å². The van der Waals surface area contributed by atoms with Crippen LogP contribution in [0.2, 0.25) is 0 Å². The summed E-state index contributed by atoms with van der Waals surface area (Å²) in [5.41, 5.74) is -2.79. The molecule has 1 amide bonds. The molecule has 2 N–H and O–H groups in total. The Bertz CT molecular complexity index is 452. The first-order valence-electron chi connectivity index (χ1n) is 6.64. The van der Waals surface area contributed by atoms with Gasteiger partial charge in [-0.2, -0.15) is 0 Å². The molecule has 104 valence electrons. The lowest BCUT2D eigenvalue weighted by molar-refractivity contribution is -0.186. The molecule has 1 aromatic carbocycles. The largest absolute Gasteiger partial charge is 0.386 e. The van der Waals surface area contributed by atoms with E-state index in [2.05, 4.69) is 0 Å². The fourth-order valence-corrected chi connectivity index (χ4v) is 2.92. The molecule has 0 unspecified atom stereocenters. The Morgan fingerprint density at radius 3 is 2.21 bits per heavy atom. The highest BCUT2D eigenvalue weighted by atomic mass is 16.4. The highest BCUT2D eigenvalue weighted by Crippen LogP contribution is 2.45. The molecule has 1 aliphatic rings. The fourth-order valence-electron chi connectivity index (χ4n) is 2.92. The Balaban J connectivity index is 2.53. The van der Waals surface area contributed by atoms with Gasteiger partial charge in [0, 0.05) is 14.1 Å². The number of likely N-dealkylation sites (N-methyl/N-ethyl adjacent to an activating group) is 1. The molecule has 1 aliphatic carbocycles. The van der Waals surface area contributed by atoms with Crippen molar-refractivity contribution in [3.05, 3.63) is 35.9 Å². The number of hydrogen-bond acceptors (Lipinski definition) is 3. The molecule has 0 aliphatic heterocycles. The summed E-state index contributed by atoms with van der Waals surface area (Å²) in [6, 6.07) is 8.74. The van der Waals surface area contributed by atoms with E-state index in [9.17, 15) is 15.0 Å². The quantitative estimate of drug-likeness (QED) is 0.863. The summed E-state index contributed by atoms with van der Waals surface area (Å²) in [7, 11) is 3.18. The summed E-state index contributed by atoms with van der Waals surface area (Å²) in [4.78, 5) is 13.8. The zero-order valence-electron chi connectivity index (χ0n) is 11.5. The van der Waals surface area contributed by atoms with Gasteiger partial charge >= 0.3 is 0 Å². The molecule has 0 spiro atoms. The second-order valence-corrected chi connectivity index (χ2v) is 5.51. The van der Waals surface area contributed by atoms with E-state index >= 15 is 0 Å². The third-order valence-electron chi connectivity index (χ3n) is 4.01. The molecule has 1 atom stereocenters. The average Bonchev–Trinajstić information content (AvgIpc) is 2.86. The first-order valence-corrected chi connectivity index (χ1v) is 6.64. The fraction of sp³-hybridized carbons (Fsp3) is 0.533. The van der Waals surface area contributed by atoms with Crippen molar-refractivity contribution in [1.82, 2.24) is 4.90 Å². The van der Waals surface area contributed by atoms with Crippen LogP contribution >= 0.6 is 0 Å². The Morgan fingerprint density at radius 2 is 1.74 bits per heavy atom. The van der Waals surface area contributed by atoms with Gasteiger partial charge < -0.3 is 15.1 Å². The van der Waals surface area contributed by atoms with Crippen LogP contribution in [-0.2, 0) is 10.4 Å². The Morgan fingerprint density at radius 1 is 1.21 bits per heavy atom. The van der Waals surface area contributed by atoms with Crippen molar-refractivity contribution in [2.24, 2.45) is 0 Å². The molecule has 19 heavy (non-hydrogen) atoms. The van der Waals surface area contributed by atoms with Crippen molar-refractivity contribution in [3.63, 3.8) is 0 Å². The molecular weight excluding hydrogens is 242 g/mol. The first kappa shape index (κ1) is 14.0. The number of hydrogen-bond donors (Lipinski definition) is 2. The van der Waals surface area contributed by atoms with Crippen LogP contribution in [0.25, 0.3) is 0 Å². The lowest BCUT2D eigenvalue weighted by atomic mass is 9.75. The Labute approximate surface area is 113 Å². The van der Waals surface area contributed by atoms with Gasteiger partial charge in [0.15, 0.2) is 5.60 Å². The maximum absolute atomic E-state index is 12.5. The second kappa shape index (κ2) is 4.94. The van der Waals surface area contributed by atoms with Crippen LogP contribution in [0.1, 0.15) is 31.2 Å². The number of carbonyl (C=O) groups is 1. The van der Waals surface area contributed by atoms with Gasteiger partial charge in [-0.3, -0.25) is 4.79 Å². The predicted molar refractivity (Wildman–Crippen MR) is 72.5 cm³/mol. The van der Waals surface area contributed by atoms with Gasteiger partial charge in [0.25, 0.3) is 5.91 Å². The van der Waals surface area contributed by atoms with E-state index in [4.69, 9.17) is 0 Å². The molecule has 1 aromatic rings. The van der Waals surface area contributed by atoms with Gasteiger partial charge in [-0.05, 0) is 18.4 Å². The molecule has 1 saturated carbocycles. The minimum Gasteiger partial charge on any atom is -0.386 e. The smallest absolute Gasteiger partial charge is 0.261 e. The van der Waals surface area contributed by atoms with E-state index in [-0.39, 0.29) is 0 Å². The van der Waals surface area contributed by atoms with Gasteiger partial charge in [0.05, 0.1) is 0 Å². The van der Waals surface area contributed by atoms with E-state index < -0.39 is 17.1 Å². The second-order valence-electron chi connectivity index (χ2n) is 5.51. The zero-order chi connectivity index (χ0) is 14.1. The van der Waals surface area contributed by atoms with E-state index in [1.165, 1.54) is 4.90 Å². The summed E-state index contributed by atoms with van der Waals surface area (Å²) in [6.45, 7) is 0. The third kappa shape index (κ3) is 2.15. The zero-order valence-corrected chi connectivity index (χ0v) is 11.5. The van der Waals surface area contributed by atoms with E-state index in [0.717, 1.165) is 12.8 Å². The first-order chi connectivity index (χ1) is 8.92. The van der Waals surface area contributed by atoms with Crippen LogP contribution in [0.4, 0.5) is 0 Å². The highest BCUT2D eigenvalue weighted by Gasteiger charge is 2.57.